The van der Waals surface area contributed by atoms with Gasteiger partial charge in [0, 0.05) is 17.2 Å². The van der Waals surface area contributed by atoms with Crippen LogP contribution in [0.3, 0.4) is 0 Å². The first-order chi connectivity index (χ1) is 11.3. The Bertz CT molecular complexity index is 797. The number of ether oxygens (including phenoxy) is 1. The van der Waals surface area contributed by atoms with Crippen LogP contribution in [0.2, 0.25) is 10.0 Å². The van der Waals surface area contributed by atoms with Gasteiger partial charge in [0.05, 0.1) is 15.6 Å². The number of nitro groups is 1. The van der Waals surface area contributed by atoms with Crippen LogP contribution in [0, 0.1) is 10.1 Å². The molecule has 2 N–H and O–H groups in total. The summed E-state index contributed by atoms with van der Waals surface area (Å²) in [5.74, 6) is -0.658. The molecule has 0 aromatic heterocycles. The number of carbonyl (C=O) groups excluding carboxylic acids is 1. The van der Waals surface area contributed by atoms with Gasteiger partial charge in [0.1, 0.15) is 11.5 Å². The topological polar surface area (TPSA) is 102 Å². The van der Waals surface area contributed by atoms with E-state index in [1.807, 2.05) is 0 Å². The second-order valence-electron chi connectivity index (χ2n) is 4.78. The van der Waals surface area contributed by atoms with Crippen LogP contribution in [-0.2, 0) is 4.79 Å². The second-order valence-corrected chi connectivity index (χ2v) is 5.63. The highest BCUT2D eigenvalue weighted by atomic mass is 35.5. The minimum absolute atomic E-state index is 0.0909. The molecule has 9 heteroatoms. The molecule has 0 fully saturated rings. The summed E-state index contributed by atoms with van der Waals surface area (Å²) in [5.41, 5.74) is -0.357. The Morgan fingerprint density at radius 2 is 2.00 bits per heavy atom. The van der Waals surface area contributed by atoms with Gasteiger partial charge < -0.3 is 15.2 Å². The number of benzene rings is 2. The van der Waals surface area contributed by atoms with Crippen LogP contribution in [0.4, 0.5) is 11.4 Å². The van der Waals surface area contributed by atoms with E-state index < -0.39 is 16.9 Å². The molecular formula is C15H12Cl2N2O5. The SMILES string of the molecule is CC(Oc1ccc(Cl)cc1Cl)C(=O)Nc1cc([N+](=O)[O-])ccc1O. The first kappa shape index (κ1) is 17.8. The zero-order valence-electron chi connectivity index (χ0n) is 12.3. The quantitative estimate of drug-likeness (QED) is 0.470. The molecule has 126 valence electrons. The van der Waals surface area contributed by atoms with Crippen LogP contribution < -0.4 is 10.1 Å². The summed E-state index contributed by atoms with van der Waals surface area (Å²) in [7, 11) is 0. The Balaban J connectivity index is 2.11. The smallest absolute Gasteiger partial charge is 0.271 e. The highest BCUT2D eigenvalue weighted by Gasteiger charge is 2.19. The molecule has 2 aromatic carbocycles. The van der Waals surface area contributed by atoms with Crippen molar-refractivity contribution in [2.45, 2.75) is 13.0 Å². The van der Waals surface area contributed by atoms with E-state index in [-0.39, 0.29) is 27.9 Å². The van der Waals surface area contributed by atoms with Crippen LogP contribution in [0.1, 0.15) is 6.92 Å². The largest absolute Gasteiger partial charge is 0.506 e. The van der Waals surface area contributed by atoms with Gasteiger partial charge in [-0.25, -0.2) is 0 Å². The molecule has 1 unspecified atom stereocenters. The number of nitrogens with one attached hydrogen (secondary N) is 1. The maximum Gasteiger partial charge on any atom is 0.271 e. The highest BCUT2D eigenvalue weighted by Crippen LogP contribution is 2.30. The first-order valence-corrected chi connectivity index (χ1v) is 7.43. The second kappa shape index (κ2) is 7.37. The van der Waals surface area contributed by atoms with Crippen molar-refractivity contribution in [3.8, 4) is 11.5 Å². The zero-order chi connectivity index (χ0) is 17.9. The lowest BCUT2D eigenvalue weighted by atomic mass is 10.2. The number of non-ortho nitro benzene ring substituents is 1. The summed E-state index contributed by atoms with van der Waals surface area (Å²) in [5, 5.41) is 23.5. The number of aromatic hydroxyl groups is 1. The van der Waals surface area contributed by atoms with E-state index in [9.17, 15) is 20.0 Å². The average molecular weight is 371 g/mol. The van der Waals surface area contributed by atoms with E-state index in [1.54, 1.807) is 6.07 Å². The van der Waals surface area contributed by atoms with Crippen molar-refractivity contribution in [3.05, 3.63) is 56.6 Å². The van der Waals surface area contributed by atoms with Crippen LogP contribution >= 0.6 is 23.2 Å². The molecule has 2 aromatic rings. The monoisotopic (exact) mass is 370 g/mol. The molecule has 0 aliphatic rings. The number of nitrogens with zero attached hydrogens (tertiary/aromatic N) is 1. The summed E-state index contributed by atoms with van der Waals surface area (Å²) in [6.07, 6.45) is -0.970. The molecule has 0 spiro atoms. The van der Waals surface area contributed by atoms with Gasteiger partial charge >= 0.3 is 0 Å². The van der Waals surface area contributed by atoms with E-state index in [2.05, 4.69) is 5.32 Å². The number of hydrogen-bond donors (Lipinski definition) is 2. The van der Waals surface area contributed by atoms with E-state index in [0.717, 1.165) is 18.2 Å². The third-order valence-corrected chi connectivity index (χ3v) is 3.55. The molecule has 7 nitrogen and oxygen atoms in total. The Morgan fingerprint density at radius 3 is 2.62 bits per heavy atom. The number of rotatable bonds is 5. The van der Waals surface area contributed by atoms with Gasteiger partial charge in [-0.1, -0.05) is 23.2 Å². The van der Waals surface area contributed by atoms with Gasteiger partial charge in [0.2, 0.25) is 0 Å². The number of hydrogen-bond acceptors (Lipinski definition) is 5. The molecule has 1 atom stereocenters. The lowest BCUT2D eigenvalue weighted by Crippen LogP contribution is -2.30. The molecule has 0 saturated carbocycles. The highest BCUT2D eigenvalue weighted by molar-refractivity contribution is 6.35. The van der Waals surface area contributed by atoms with Gasteiger partial charge in [-0.05, 0) is 31.2 Å². The Hall–Kier alpha value is -2.51. The summed E-state index contributed by atoms with van der Waals surface area (Å²) in [6.45, 7) is 1.47. The third-order valence-electron chi connectivity index (χ3n) is 3.02. The van der Waals surface area contributed by atoms with Gasteiger partial charge in [0.15, 0.2) is 6.10 Å². The molecule has 1 amide bonds. The number of carbonyl (C=O) groups is 1. The maximum atomic E-state index is 12.1. The van der Waals surface area contributed by atoms with Crippen molar-refractivity contribution in [1.82, 2.24) is 0 Å². The third kappa shape index (κ3) is 4.27. The normalized spacial score (nSPS) is 11.6. The average Bonchev–Trinajstić information content (AvgIpc) is 2.51. The summed E-state index contributed by atoms with van der Waals surface area (Å²) >= 11 is 11.7. The minimum Gasteiger partial charge on any atom is -0.506 e. The minimum atomic E-state index is -0.970. The number of phenols is 1. The molecule has 0 bridgehead atoms. The zero-order valence-corrected chi connectivity index (χ0v) is 13.8. The number of halogens is 2. The van der Waals surface area contributed by atoms with Crippen LogP contribution in [0.5, 0.6) is 11.5 Å². The summed E-state index contributed by atoms with van der Waals surface area (Å²) in [4.78, 5) is 22.3. The number of anilines is 1. The molecule has 2 rings (SSSR count). The van der Waals surface area contributed by atoms with Gasteiger partial charge in [-0.15, -0.1) is 0 Å². The van der Waals surface area contributed by atoms with Crippen molar-refractivity contribution < 1.29 is 19.6 Å². The van der Waals surface area contributed by atoms with Gasteiger partial charge in [-0.2, -0.15) is 0 Å². The molecule has 0 radical (unpaired) electrons. The summed E-state index contributed by atoms with van der Waals surface area (Å²) < 4.78 is 5.43. The molecular weight excluding hydrogens is 359 g/mol. The van der Waals surface area contributed by atoms with Crippen LogP contribution in [0.15, 0.2) is 36.4 Å². The van der Waals surface area contributed by atoms with Crippen molar-refractivity contribution in [2.24, 2.45) is 0 Å². The van der Waals surface area contributed by atoms with Crippen LogP contribution in [0.25, 0.3) is 0 Å². The van der Waals surface area contributed by atoms with Crippen molar-refractivity contribution >= 4 is 40.5 Å². The van der Waals surface area contributed by atoms with Crippen LogP contribution in [-0.4, -0.2) is 22.0 Å². The molecule has 0 heterocycles. The molecule has 24 heavy (non-hydrogen) atoms. The van der Waals surface area contributed by atoms with E-state index >= 15 is 0 Å². The molecule has 0 saturated heterocycles. The maximum absolute atomic E-state index is 12.1. The predicted molar refractivity (Wildman–Crippen MR) is 89.9 cm³/mol. The summed E-state index contributed by atoms with van der Waals surface area (Å²) in [6, 6.07) is 7.83. The Morgan fingerprint density at radius 1 is 1.29 bits per heavy atom. The fraction of sp³-hybridized carbons (Fsp3) is 0.133. The molecule has 0 aliphatic carbocycles. The lowest BCUT2D eigenvalue weighted by Gasteiger charge is -2.16. The Kier molecular flexibility index (Phi) is 5.48. The predicted octanol–water partition coefficient (Wildman–Crippen LogP) is 4.01. The fourth-order valence-corrected chi connectivity index (χ4v) is 2.24. The van der Waals surface area contributed by atoms with Gasteiger partial charge in [-0.3, -0.25) is 14.9 Å². The number of amides is 1. The van der Waals surface area contributed by atoms with Gasteiger partial charge in [0.25, 0.3) is 11.6 Å². The van der Waals surface area contributed by atoms with E-state index in [4.69, 9.17) is 27.9 Å². The lowest BCUT2D eigenvalue weighted by molar-refractivity contribution is -0.384. The first-order valence-electron chi connectivity index (χ1n) is 6.68. The van der Waals surface area contributed by atoms with E-state index in [1.165, 1.54) is 19.1 Å². The fourth-order valence-electron chi connectivity index (χ4n) is 1.79. The van der Waals surface area contributed by atoms with Crippen molar-refractivity contribution in [3.63, 3.8) is 0 Å². The van der Waals surface area contributed by atoms with E-state index in [0.29, 0.717) is 5.02 Å². The number of phenolic OH excluding ortho intramolecular Hbond substituents is 1. The van der Waals surface area contributed by atoms with Crippen molar-refractivity contribution in [2.75, 3.05) is 5.32 Å². The number of nitro benzene ring substituents is 1. The standard InChI is InChI=1S/C15H12Cl2N2O5/c1-8(24-14-5-2-9(16)6-11(14)17)15(21)18-12-7-10(19(22)23)3-4-13(12)20/h2-8,20H,1H3,(H,18,21). The van der Waals surface area contributed by atoms with Crippen molar-refractivity contribution in [1.29, 1.82) is 0 Å². The Labute approximate surface area is 146 Å². The molecule has 0 aliphatic heterocycles.